The number of likely N-dealkylation sites (N-methyl/N-ethyl adjacent to an activating group) is 1. The Morgan fingerprint density at radius 2 is 1.74 bits per heavy atom. The van der Waals surface area contributed by atoms with Crippen molar-refractivity contribution in [2.75, 3.05) is 26.2 Å². The zero-order valence-corrected chi connectivity index (χ0v) is 20.4. The number of hydrogen-bond acceptors (Lipinski definition) is 8. The zero-order chi connectivity index (χ0) is 25.6. The Bertz CT molecular complexity index is 1070. The largest absolute Gasteiger partial charge is 0.507 e. The van der Waals surface area contributed by atoms with Gasteiger partial charge in [0, 0.05) is 18.3 Å². The molecule has 2 aromatic rings. The van der Waals surface area contributed by atoms with Crippen LogP contribution in [0.4, 0.5) is 5.69 Å². The van der Waals surface area contributed by atoms with Crippen molar-refractivity contribution < 1.29 is 24.2 Å². The second kappa shape index (κ2) is 11.4. The minimum Gasteiger partial charge on any atom is -0.507 e. The predicted octanol–water partition coefficient (Wildman–Crippen LogP) is 3.53. The lowest BCUT2D eigenvalue weighted by molar-refractivity contribution is -0.146. The Kier molecular flexibility index (Phi) is 8.91. The van der Waals surface area contributed by atoms with Crippen LogP contribution in [-0.4, -0.2) is 61.2 Å². The standard InChI is InChI=1S/C25H32N4O5/c1-15(2)19-11-20(21(31)12-22(19)33-5)24(27)29(23(26)14-30)18-9-7-17(8-10-18)13-28(4)16(3)25(32)34-6/h7-12,14-16,26-27,31H,13H2,1-6H3. The number of methoxy groups -OCH3 is 2. The van der Waals surface area contributed by atoms with Crippen LogP contribution < -0.4 is 9.64 Å². The van der Waals surface area contributed by atoms with E-state index in [9.17, 15) is 14.7 Å². The summed E-state index contributed by atoms with van der Waals surface area (Å²) in [5, 5.41) is 27.4. The van der Waals surface area contributed by atoms with Gasteiger partial charge < -0.3 is 14.6 Å². The van der Waals surface area contributed by atoms with Crippen molar-refractivity contribution in [1.29, 1.82) is 10.8 Å². The number of rotatable bonds is 9. The second-order valence-corrected chi connectivity index (χ2v) is 8.23. The zero-order valence-electron chi connectivity index (χ0n) is 20.4. The molecule has 0 radical (unpaired) electrons. The van der Waals surface area contributed by atoms with E-state index in [2.05, 4.69) is 0 Å². The van der Waals surface area contributed by atoms with Crippen molar-refractivity contribution in [3.8, 4) is 11.5 Å². The number of carbonyl (C=O) groups excluding carboxylic acids is 2. The Labute approximate surface area is 199 Å². The number of nitrogens with zero attached hydrogens (tertiary/aromatic N) is 2. The van der Waals surface area contributed by atoms with Gasteiger partial charge in [0.25, 0.3) is 0 Å². The Morgan fingerprint density at radius 3 is 2.24 bits per heavy atom. The number of carbonyl (C=O) groups is 2. The molecule has 0 aromatic heterocycles. The summed E-state index contributed by atoms with van der Waals surface area (Å²) in [5.74, 6) is -0.637. The van der Waals surface area contributed by atoms with Gasteiger partial charge in [0.15, 0.2) is 12.1 Å². The smallest absolute Gasteiger partial charge is 0.322 e. The van der Waals surface area contributed by atoms with Crippen molar-refractivity contribution in [3.63, 3.8) is 0 Å². The molecular formula is C25H32N4O5. The monoisotopic (exact) mass is 468 g/mol. The number of aldehydes is 1. The average molecular weight is 469 g/mol. The first-order valence-corrected chi connectivity index (χ1v) is 10.8. The van der Waals surface area contributed by atoms with Crippen LogP contribution in [0.1, 0.15) is 43.4 Å². The lowest BCUT2D eigenvalue weighted by Gasteiger charge is -2.26. The van der Waals surface area contributed by atoms with Gasteiger partial charge in [0.2, 0.25) is 0 Å². The molecule has 34 heavy (non-hydrogen) atoms. The molecule has 0 spiro atoms. The number of amidine groups is 2. The molecule has 182 valence electrons. The first kappa shape index (κ1) is 26.5. The number of anilines is 1. The molecule has 0 heterocycles. The molecule has 1 atom stereocenters. The van der Waals surface area contributed by atoms with E-state index in [1.54, 1.807) is 44.3 Å². The van der Waals surface area contributed by atoms with Crippen molar-refractivity contribution in [2.45, 2.75) is 39.3 Å². The summed E-state index contributed by atoms with van der Waals surface area (Å²) in [6.45, 7) is 6.15. The van der Waals surface area contributed by atoms with Gasteiger partial charge in [-0.1, -0.05) is 26.0 Å². The van der Waals surface area contributed by atoms with E-state index in [4.69, 9.17) is 20.3 Å². The Hall–Kier alpha value is -3.72. The summed E-state index contributed by atoms with van der Waals surface area (Å²) in [7, 11) is 4.65. The van der Waals surface area contributed by atoms with Gasteiger partial charge in [-0.05, 0) is 49.2 Å². The van der Waals surface area contributed by atoms with E-state index in [0.29, 0.717) is 24.3 Å². The van der Waals surface area contributed by atoms with E-state index in [0.717, 1.165) is 16.0 Å². The van der Waals surface area contributed by atoms with Crippen LogP contribution >= 0.6 is 0 Å². The second-order valence-electron chi connectivity index (χ2n) is 8.23. The maximum absolute atomic E-state index is 11.8. The molecule has 0 aliphatic heterocycles. The Balaban J connectivity index is 2.40. The molecule has 1 unspecified atom stereocenters. The molecular weight excluding hydrogens is 436 g/mol. The summed E-state index contributed by atoms with van der Waals surface area (Å²) in [5.41, 5.74) is 2.26. The number of phenolic OH excluding ortho intramolecular Hbond substituents is 1. The molecule has 0 amide bonds. The fourth-order valence-corrected chi connectivity index (χ4v) is 3.49. The molecule has 9 heteroatoms. The highest BCUT2D eigenvalue weighted by Crippen LogP contribution is 2.34. The van der Waals surface area contributed by atoms with Crippen LogP contribution in [0.5, 0.6) is 11.5 Å². The number of hydrogen-bond donors (Lipinski definition) is 3. The van der Waals surface area contributed by atoms with E-state index in [-0.39, 0.29) is 29.0 Å². The molecule has 0 saturated carbocycles. The van der Waals surface area contributed by atoms with Gasteiger partial charge in [-0.2, -0.15) is 0 Å². The molecule has 2 aromatic carbocycles. The van der Waals surface area contributed by atoms with Crippen LogP contribution in [-0.2, 0) is 20.9 Å². The van der Waals surface area contributed by atoms with Crippen LogP contribution in [0.25, 0.3) is 0 Å². The van der Waals surface area contributed by atoms with Gasteiger partial charge in [0.1, 0.15) is 23.4 Å². The number of nitrogens with one attached hydrogen (secondary N) is 2. The molecule has 0 aliphatic carbocycles. The first-order chi connectivity index (χ1) is 16.0. The predicted molar refractivity (Wildman–Crippen MR) is 131 cm³/mol. The third-order valence-electron chi connectivity index (χ3n) is 5.63. The maximum Gasteiger partial charge on any atom is 0.322 e. The van der Waals surface area contributed by atoms with Crippen LogP contribution in [0.3, 0.4) is 0 Å². The lowest BCUT2D eigenvalue weighted by atomic mass is 9.98. The van der Waals surface area contributed by atoms with Crippen molar-refractivity contribution >= 4 is 29.6 Å². The molecule has 9 nitrogen and oxygen atoms in total. The van der Waals surface area contributed by atoms with E-state index < -0.39 is 11.9 Å². The maximum atomic E-state index is 11.8. The average Bonchev–Trinajstić information content (AvgIpc) is 2.83. The van der Waals surface area contributed by atoms with Gasteiger partial charge in [-0.25, -0.2) is 0 Å². The van der Waals surface area contributed by atoms with Gasteiger partial charge in [0.05, 0.1) is 19.8 Å². The molecule has 0 bridgehead atoms. The highest BCUT2D eigenvalue weighted by atomic mass is 16.5. The van der Waals surface area contributed by atoms with E-state index >= 15 is 0 Å². The minimum absolute atomic E-state index is 0.0599. The third-order valence-corrected chi connectivity index (χ3v) is 5.63. The number of aromatic hydroxyl groups is 1. The molecule has 0 aliphatic rings. The summed E-state index contributed by atoms with van der Waals surface area (Å²) in [4.78, 5) is 26.2. The van der Waals surface area contributed by atoms with Crippen LogP contribution in [0.15, 0.2) is 36.4 Å². The van der Waals surface area contributed by atoms with Crippen LogP contribution in [0.2, 0.25) is 0 Å². The number of ether oxygens (including phenoxy) is 2. The van der Waals surface area contributed by atoms with E-state index in [1.165, 1.54) is 20.3 Å². The van der Waals surface area contributed by atoms with Crippen molar-refractivity contribution in [2.24, 2.45) is 0 Å². The minimum atomic E-state index is -0.449. The highest BCUT2D eigenvalue weighted by molar-refractivity contribution is 6.41. The molecule has 3 N–H and O–H groups in total. The van der Waals surface area contributed by atoms with Crippen LogP contribution in [0, 0.1) is 10.8 Å². The SMILES string of the molecule is COC(=O)C(C)N(C)Cc1ccc(N(C(=N)C=O)C(=N)c2cc(C(C)C)c(OC)cc2O)cc1. The molecule has 2 rings (SSSR count). The quantitative estimate of drug-likeness (QED) is 0.222. The highest BCUT2D eigenvalue weighted by Gasteiger charge is 2.24. The number of esters is 1. The summed E-state index contributed by atoms with van der Waals surface area (Å²) >= 11 is 0. The normalized spacial score (nSPS) is 11.8. The topological polar surface area (TPSA) is 127 Å². The van der Waals surface area contributed by atoms with Crippen molar-refractivity contribution in [1.82, 2.24) is 4.90 Å². The van der Waals surface area contributed by atoms with Crippen molar-refractivity contribution in [3.05, 3.63) is 53.1 Å². The third kappa shape index (κ3) is 5.79. The first-order valence-electron chi connectivity index (χ1n) is 10.8. The summed E-state index contributed by atoms with van der Waals surface area (Å²) in [6.07, 6.45) is 0.345. The number of benzene rings is 2. The number of phenols is 1. The summed E-state index contributed by atoms with van der Waals surface area (Å²) < 4.78 is 10.1. The van der Waals surface area contributed by atoms with Gasteiger partial charge >= 0.3 is 5.97 Å². The van der Waals surface area contributed by atoms with E-state index in [1.807, 2.05) is 18.7 Å². The van der Waals surface area contributed by atoms with Gasteiger partial charge in [-0.3, -0.25) is 30.2 Å². The van der Waals surface area contributed by atoms with Gasteiger partial charge in [-0.15, -0.1) is 0 Å². The fraction of sp³-hybridized carbons (Fsp3) is 0.360. The fourth-order valence-electron chi connectivity index (χ4n) is 3.49. The summed E-state index contributed by atoms with van der Waals surface area (Å²) in [6, 6.07) is 9.60. The Morgan fingerprint density at radius 1 is 1.12 bits per heavy atom. The lowest BCUT2D eigenvalue weighted by Crippen LogP contribution is -2.37. The molecule has 0 saturated heterocycles. The molecule has 0 fully saturated rings.